The summed E-state index contributed by atoms with van der Waals surface area (Å²) in [7, 11) is 0. The van der Waals surface area contributed by atoms with Gasteiger partial charge in [-0.1, -0.05) is 20.8 Å². The lowest BCUT2D eigenvalue weighted by Crippen LogP contribution is -2.47. The zero-order valence-electron chi connectivity index (χ0n) is 12.0. The summed E-state index contributed by atoms with van der Waals surface area (Å²) in [5.41, 5.74) is -0.479. The lowest BCUT2D eigenvalue weighted by atomic mass is 9.93. The predicted octanol–water partition coefficient (Wildman–Crippen LogP) is 1.95. The van der Waals surface area contributed by atoms with Gasteiger partial charge in [0.25, 0.3) is 0 Å². The summed E-state index contributed by atoms with van der Waals surface area (Å²) in [4.78, 5) is 23.6. The van der Waals surface area contributed by atoms with Crippen molar-refractivity contribution >= 4 is 11.8 Å². The number of rotatable bonds is 2. The zero-order chi connectivity index (χ0) is 15.6. The minimum Gasteiger partial charge on any atom is -0.355 e. The molecular formula is C13H21F3N2O2. The molecule has 1 saturated heterocycles. The maximum Gasteiger partial charge on any atom is 0.471 e. The third-order valence-electron chi connectivity index (χ3n) is 3.38. The Morgan fingerprint density at radius 1 is 1.15 bits per heavy atom. The molecule has 4 nitrogen and oxygen atoms in total. The van der Waals surface area contributed by atoms with Crippen LogP contribution in [0, 0.1) is 11.3 Å². The fraction of sp³-hybridized carbons (Fsp3) is 0.846. The van der Waals surface area contributed by atoms with E-state index in [4.69, 9.17) is 0 Å². The summed E-state index contributed by atoms with van der Waals surface area (Å²) in [6.45, 7) is 6.03. The molecule has 1 aliphatic heterocycles. The number of amides is 2. The maximum absolute atomic E-state index is 12.3. The van der Waals surface area contributed by atoms with Crippen LogP contribution in [-0.4, -0.2) is 42.5 Å². The molecule has 1 heterocycles. The standard InChI is InChI=1S/C13H21F3N2O2/c1-12(2,3)10(19)17-8-9-4-6-18(7-5-9)11(20)13(14,15)16/h9H,4-8H2,1-3H3,(H,17,19). The first-order valence-electron chi connectivity index (χ1n) is 6.66. The summed E-state index contributed by atoms with van der Waals surface area (Å²) in [5.74, 6) is -1.72. The van der Waals surface area contributed by atoms with Gasteiger partial charge in [0.2, 0.25) is 5.91 Å². The van der Waals surface area contributed by atoms with Gasteiger partial charge in [-0.15, -0.1) is 0 Å². The van der Waals surface area contributed by atoms with Crippen molar-refractivity contribution in [2.75, 3.05) is 19.6 Å². The van der Waals surface area contributed by atoms with Crippen LogP contribution in [0.15, 0.2) is 0 Å². The fourth-order valence-corrected chi connectivity index (χ4v) is 2.02. The van der Waals surface area contributed by atoms with E-state index >= 15 is 0 Å². The van der Waals surface area contributed by atoms with Crippen LogP contribution in [0.1, 0.15) is 33.6 Å². The summed E-state index contributed by atoms with van der Waals surface area (Å²) in [5, 5.41) is 2.80. The van der Waals surface area contributed by atoms with Crippen LogP contribution in [0.5, 0.6) is 0 Å². The van der Waals surface area contributed by atoms with Crippen LogP contribution in [0.25, 0.3) is 0 Å². The highest BCUT2D eigenvalue weighted by Gasteiger charge is 2.43. The summed E-state index contributed by atoms with van der Waals surface area (Å²) >= 11 is 0. The highest BCUT2D eigenvalue weighted by molar-refractivity contribution is 5.82. The second kappa shape index (κ2) is 6.01. The molecule has 0 atom stereocenters. The molecule has 0 aromatic heterocycles. The van der Waals surface area contributed by atoms with E-state index in [2.05, 4.69) is 5.32 Å². The van der Waals surface area contributed by atoms with Gasteiger partial charge in [-0.05, 0) is 18.8 Å². The number of halogens is 3. The van der Waals surface area contributed by atoms with Gasteiger partial charge in [-0.25, -0.2) is 0 Å². The SMILES string of the molecule is CC(C)(C)C(=O)NCC1CCN(C(=O)C(F)(F)F)CC1. The molecule has 0 aromatic rings. The minimum absolute atomic E-state index is 0.0775. The Bertz CT molecular complexity index is 367. The van der Waals surface area contributed by atoms with Gasteiger partial charge in [0.05, 0.1) is 0 Å². The zero-order valence-corrected chi connectivity index (χ0v) is 12.0. The average Bonchev–Trinajstić information content (AvgIpc) is 2.33. The van der Waals surface area contributed by atoms with Gasteiger partial charge < -0.3 is 10.2 Å². The number of hydrogen-bond donors (Lipinski definition) is 1. The third-order valence-corrected chi connectivity index (χ3v) is 3.38. The van der Waals surface area contributed by atoms with Gasteiger partial charge in [-0.3, -0.25) is 9.59 Å². The molecular weight excluding hydrogens is 273 g/mol. The fourth-order valence-electron chi connectivity index (χ4n) is 2.02. The van der Waals surface area contributed by atoms with Gasteiger partial charge in [0.15, 0.2) is 0 Å². The second-order valence-electron chi connectivity index (χ2n) is 6.19. The highest BCUT2D eigenvalue weighted by atomic mass is 19.4. The molecule has 1 fully saturated rings. The van der Waals surface area contributed by atoms with Crippen LogP contribution < -0.4 is 5.32 Å². The number of nitrogens with one attached hydrogen (secondary N) is 1. The van der Waals surface area contributed by atoms with E-state index in [1.165, 1.54) is 0 Å². The number of carbonyl (C=O) groups excluding carboxylic acids is 2. The number of alkyl halides is 3. The van der Waals surface area contributed by atoms with Crippen molar-refractivity contribution in [3.05, 3.63) is 0 Å². The summed E-state index contributed by atoms with van der Waals surface area (Å²) in [6.07, 6.45) is -3.84. The van der Waals surface area contributed by atoms with Crippen LogP contribution in [0.2, 0.25) is 0 Å². The molecule has 1 aliphatic rings. The molecule has 0 aliphatic carbocycles. The lowest BCUT2D eigenvalue weighted by Gasteiger charge is -2.32. The van der Waals surface area contributed by atoms with E-state index in [1.54, 1.807) is 20.8 Å². The van der Waals surface area contributed by atoms with Crippen molar-refractivity contribution in [1.82, 2.24) is 10.2 Å². The van der Waals surface area contributed by atoms with Gasteiger partial charge >= 0.3 is 12.1 Å². The van der Waals surface area contributed by atoms with E-state index in [-0.39, 0.29) is 24.9 Å². The predicted molar refractivity (Wildman–Crippen MR) is 67.8 cm³/mol. The monoisotopic (exact) mass is 294 g/mol. The Morgan fingerprint density at radius 3 is 2.05 bits per heavy atom. The molecule has 0 spiro atoms. The second-order valence-corrected chi connectivity index (χ2v) is 6.19. The number of hydrogen-bond acceptors (Lipinski definition) is 2. The van der Waals surface area contributed by atoms with Gasteiger partial charge in [-0.2, -0.15) is 13.2 Å². The molecule has 0 unspecified atom stereocenters. The molecule has 0 aromatic carbocycles. The van der Waals surface area contributed by atoms with E-state index < -0.39 is 17.5 Å². The van der Waals surface area contributed by atoms with Crippen molar-refractivity contribution < 1.29 is 22.8 Å². The van der Waals surface area contributed by atoms with Crippen LogP contribution in [0.4, 0.5) is 13.2 Å². The molecule has 1 rings (SSSR count). The summed E-state index contributed by atoms with van der Waals surface area (Å²) < 4.78 is 36.8. The smallest absolute Gasteiger partial charge is 0.355 e. The molecule has 20 heavy (non-hydrogen) atoms. The van der Waals surface area contributed by atoms with Crippen molar-refractivity contribution in [1.29, 1.82) is 0 Å². The molecule has 0 bridgehead atoms. The van der Waals surface area contributed by atoms with Crippen LogP contribution in [0.3, 0.4) is 0 Å². The molecule has 2 amide bonds. The van der Waals surface area contributed by atoms with E-state index in [0.29, 0.717) is 19.4 Å². The lowest BCUT2D eigenvalue weighted by molar-refractivity contribution is -0.186. The normalized spacial score (nSPS) is 18.0. The third kappa shape index (κ3) is 4.68. The number of piperidine rings is 1. The Balaban J connectivity index is 2.37. The number of likely N-dealkylation sites (tertiary alicyclic amines) is 1. The van der Waals surface area contributed by atoms with Crippen molar-refractivity contribution in [2.45, 2.75) is 39.8 Å². The molecule has 1 N–H and O–H groups in total. The topological polar surface area (TPSA) is 49.4 Å². The quantitative estimate of drug-likeness (QED) is 0.846. The minimum atomic E-state index is -4.80. The van der Waals surface area contributed by atoms with Crippen molar-refractivity contribution in [2.24, 2.45) is 11.3 Å². The number of carbonyl (C=O) groups is 2. The Hall–Kier alpha value is -1.27. The van der Waals surface area contributed by atoms with Crippen molar-refractivity contribution in [3.63, 3.8) is 0 Å². The Labute approximate surface area is 116 Å². The maximum atomic E-state index is 12.3. The Kier molecular flexibility index (Phi) is 5.05. The van der Waals surface area contributed by atoms with E-state index in [0.717, 1.165) is 4.90 Å². The van der Waals surface area contributed by atoms with E-state index in [9.17, 15) is 22.8 Å². The number of nitrogens with zero attached hydrogens (tertiary/aromatic N) is 1. The van der Waals surface area contributed by atoms with Gasteiger partial charge in [0, 0.05) is 25.0 Å². The summed E-state index contributed by atoms with van der Waals surface area (Å²) in [6, 6.07) is 0. The van der Waals surface area contributed by atoms with Crippen LogP contribution in [-0.2, 0) is 9.59 Å². The Morgan fingerprint density at radius 2 is 1.65 bits per heavy atom. The average molecular weight is 294 g/mol. The molecule has 7 heteroatoms. The van der Waals surface area contributed by atoms with E-state index in [1.807, 2.05) is 0 Å². The largest absolute Gasteiger partial charge is 0.471 e. The first kappa shape index (κ1) is 16.8. The first-order valence-corrected chi connectivity index (χ1v) is 6.66. The molecule has 0 radical (unpaired) electrons. The molecule has 0 saturated carbocycles. The van der Waals surface area contributed by atoms with Crippen LogP contribution >= 0.6 is 0 Å². The highest BCUT2D eigenvalue weighted by Crippen LogP contribution is 2.23. The van der Waals surface area contributed by atoms with Crippen molar-refractivity contribution in [3.8, 4) is 0 Å². The molecule has 116 valence electrons. The van der Waals surface area contributed by atoms with Gasteiger partial charge in [0.1, 0.15) is 0 Å². The first-order chi connectivity index (χ1) is 9.01.